The molecule has 0 saturated carbocycles. The zero-order valence-electron chi connectivity index (χ0n) is 17.5. The molecule has 8 nitrogen and oxygen atoms in total. The van der Waals surface area contributed by atoms with Crippen molar-refractivity contribution in [1.29, 1.82) is 0 Å². The molecule has 1 unspecified atom stereocenters. The first-order chi connectivity index (χ1) is 16.0. The Morgan fingerprint density at radius 2 is 1.97 bits per heavy atom. The van der Waals surface area contributed by atoms with Crippen molar-refractivity contribution in [3.8, 4) is 17.1 Å². The molecule has 164 valence electrons. The largest absolute Gasteiger partial charge is 0.508 e. The zero-order chi connectivity index (χ0) is 22.9. The predicted octanol–water partition coefficient (Wildman–Crippen LogP) is 4.63. The zero-order valence-corrected chi connectivity index (χ0v) is 18.3. The molecule has 1 atom stereocenters. The lowest BCUT2D eigenvalue weighted by molar-refractivity contribution is -0.113. The van der Waals surface area contributed by atoms with E-state index in [0.29, 0.717) is 33.8 Å². The van der Waals surface area contributed by atoms with Gasteiger partial charge in [0.2, 0.25) is 5.95 Å². The van der Waals surface area contributed by atoms with Crippen LogP contribution >= 0.6 is 11.6 Å². The number of aromatic nitrogens is 4. The number of fused-ring (bicyclic) bond motifs is 1. The van der Waals surface area contributed by atoms with Crippen molar-refractivity contribution in [3.05, 3.63) is 94.9 Å². The molecule has 4 aromatic rings. The monoisotopic (exact) mass is 458 g/mol. The minimum Gasteiger partial charge on any atom is -0.508 e. The Morgan fingerprint density at radius 1 is 1.15 bits per heavy atom. The van der Waals surface area contributed by atoms with Crippen LogP contribution in [-0.2, 0) is 4.79 Å². The first-order valence-electron chi connectivity index (χ1n) is 10.2. The molecule has 0 aliphatic carbocycles. The number of nitrogens with one attached hydrogen (secondary N) is 2. The molecule has 2 aromatic heterocycles. The maximum atomic E-state index is 13.4. The fraction of sp³-hybridized carbons (Fsp3) is 0.0833. The van der Waals surface area contributed by atoms with Crippen LogP contribution in [0.2, 0.25) is 5.02 Å². The smallest absolute Gasteiger partial charge is 0.255 e. The summed E-state index contributed by atoms with van der Waals surface area (Å²) < 4.78 is 1.67. The van der Waals surface area contributed by atoms with E-state index in [1.807, 2.05) is 19.1 Å². The van der Waals surface area contributed by atoms with E-state index in [1.54, 1.807) is 65.6 Å². The lowest BCUT2D eigenvalue weighted by atomic mass is 9.95. The van der Waals surface area contributed by atoms with E-state index in [2.05, 4.69) is 20.6 Å². The average molecular weight is 459 g/mol. The summed E-state index contributed by atoms with van der Waals surface area (Å²) >= 11 is 6.16. The van der Waals surface area contributed by atoms with Gasteiger partial charge in [0.05, 0.1) is 17.5 Å². The van der Waals surface area contributed by atoms with Crippen LogP contribution in [-0.4, -0.2) is 30.8 Å². The Labute approximate surface area is 194 Å². The molecule has 9 heteroatoms. The van der Waals surface area contributed by atoms with Crippen molar-refractivity contribution in [1.82, 2.24) is 19.7 Å². The van der Waals surface area contributed by atoms with E-state index in [4.69, 9.17) is 16.7 Å². The molecular formula is C24H19ClN6O2. The number of nitrogens with zero attached hydrogens (tertiary/aromatic N) is 4. The quantitative estimate of drug-likeness (QED) is 0.412. The van der Waals surface area contributed by atoms with E-state index < -0.39 is 6.04 Å². The Hall–Kier alpha value is -4.17. The Kier molecular flexibility index (Phi) is 5.27. The molecule has 1 aliphatic rings. The molecule has 33 heavy (non-hydrogen) atoms. The number of rotatable bonds is 4. The third-order valence-electron chi connectivity index (χ3n) is 5.31. The number of pyridine rings is 1. The van der Waals surface area contributed by atoms with Gasteiger partial charge in [-0.05, 0) is 48.9 Å². The van der Waals surface area contributed by atoms with E-state index in [9.17, 15) is 9.90 Å². The van der Waals surface area contributed by atoms with Gasteiger partial charge in [0, 0.05) is 22.5 Å². The van der Waals surface area contributed by atoms with Gasteiger partial charge < -0.3 is 15.7 Å². The van der Waals surface area contributed by atoms with Crippen molar-refractivity contribution in [3.63, 3.8) is 0 Å². The maximum Gasteiger partial charge on any atom is 0.255 e. The Morgan fingerprint density at radius 3 is 2.70 bits per heavy atom. The fourth-order valence-corrected chi connectivity index (χ4v) is 3.99. The highest BCUT2D eigenvalue weighted by Gasteiger charge is 2.34. The van der Waals surface area contributed by atoms with Gasteiger partial charge in [0.15, 0.2) is 5.82 Å². The predicted molar refractivity (Wildman–Crippen MR) is 126 cm³/mol. The summed E-state index contributed by atoms with van der Waals surface area (Å²) in [6, 6.07) is 16.9. The number of halogens is 1. The minimum absolute atomic E-state index is 0.133. The molecule has 3 heterocycles. The highest BCUT2D eigenvalue weighted by molar-refractivity contribution is 6.30. The summed E-state index contributed by atoms with van der Waals surface area (Å²) in [6.07, 6.45) is 3.22. The van der Waals surface area contributed by atoms with Crippen molar-refractivity contribution in [2.45, 2.75) is 13.0 Å². The molecular weight excluding hydrogens is 440 g/mol. The van der Waals surface area contributed by atoms with Crippen LogP contribution < -0.4 is 10.6 Å². The van der Waals surface area contributed by atoms with Crippen LogP contribution in [0, 0.1) is 0 Å². The molecule has 3 N–H and O–H groups in total. The van der Waals surface area contributed by atoms with Crippen LogP contribution in [0.4, 0.5) is 11.6 Å². The average Bonchev–Trinajstić information content (AvgIpc) is 3.23. The number of benzene rings is 2. The molecule has 5 rings (SSSR count). The van der Waals surface area contributed by atoms with Crippen LogP contribution in [0.1, 0.15) is 18.5 Å². The number of hydrogen-bond acceptors (Lipinski definition) is 6. The first-order valence-corrected chi connectivity index (χ1v) is 10.6. The lowest BCUT2D eigenvalue weighted by Gasteiger charge is -2.28. The number of hydrogen-bond donors (Lipinski definition) is 3. The number of carbonyl (C=O) groups is 1. The Balaban J connectivity index is 1.61. The number of amides is 1. The molecule has 0 bridgehead atoms. The lowest BCUT2D eigenvalue weighted by Crippen LogP contribution is -2.31. The molecule has 0 spiro atoms. The summed E-state index contributed by atoms with van der Waals surface area (Å²) in [5, 5.41) is 21.2. The molecule has 0 fully saturated rings. The van der Waals surface area contributed by atoms with Gasteiger partial charge in [-0.3, -0.25) is 9.78 Å². The van der Waals surface area contributed by atoms with Crippen molar-refractivity contribution < 1.29 is 9.90 Å². The van der Waals surface area contributed by atoms with Gasteiger partial charge in [0.1, 0.15) is 11.8 Å². The molecule has 0 radical (unpaired) electrons. The summed E-state index contributed by atoms with van der Waals surface area (Å²) in [5.74, 6) is 0.814. The van der Waals surface area contributed by atoms with Crippen LogP contribution in [0.5, 0.6) is 5.75 Å². The van der Waals surface area contributed by atoms with Gasteiger partial charge in [-0.2, -0.15) is 4.98 Å². The number of carbonyl (C=O) groups excluding carboxylic acids is 1. The third kappa shape index (κ3) is 4.04. The summed E-state index contributed by atoms with van der Waals surface area (Å²) in [4.78, 5) is 22.1. The summed E-state index contributed by atoms with van der Waals surface area (Å²) in [7, 11) is 0. The maximum absolute atomic E-state index is 13.4. The molecule has 2 aromatic carbocycles. The van der Waals surface area contributed by atoms with Gasteiger partial charge >= 0.3 is 0 Å². The molecule has 1 aliphatic heterocycles. The SMILES string of the molecule is CC1=C(C(=O)Nc2cccnc2)C(c2ccc(O)cc2)n2nc(-c3cccc(Cl)c3)nc2N1. The van der Waals surface area contributed by atoms with E-state index in [1.165, 1.54) is 0 Å². The second-order valence-electron chi connectivity index (χ2n) is 7.57. The number of aromatic hydroxyl groups is 1. The third-order valence-corrected chi connectivity index (χ3v) is 5.54. The van der Waals surface area contributed by atoms with Crippen molar-refractivity contribution in [2.24, 2.45) is 0 Å². The molecule has 0 saturated heterocycles. The minimum atomic E-state index is -0.570. The molecule has 1 amide bonds. The van der Waals surface area contributed by atoms with E-state index >= 15 is 0 Å². The van der Waals surface area contributed by atoms with Gasteiger partial charge in [0.25, 0.3) is 5.91 Å². The highest BCUT2D eigenvalue weighted by atomic mass is 35.5. The van der Waals surface area contributed by atoms with Gasteiger partial charge in [-0.15, -0.1) is 5.10 Å². The summed E-state index contributed by atoms with van der Waals surface area (Å²) in [5.41, 5.74) is 3.23. The number of allylic oxidation sites excluding steroid dienone is 1. The van der Waals surface area contributed by atoms with Gasteiger partial charge in [-0.25, -0.2) is 4.68 Å². The van der Waals surface area contributed by atoms with Crippen molar-refractivity contribution in [2.75, 3.05) is 10.6 Å². The van der Waals surface area contributed by atoms with Crippen LogP contribution in [0.3, 0.4) is 0 Å². The van der Waals surface area contributed by atoms with Gasteiger partial charge in [-0.1, -0.05) is 35.9 Å². The number of phenols is 1. The standard InChI is InChI=1S/C24H19ClN6O2/c1-14-20(23(33)28-18-6-3-11-26-13-18)21(15-7-9-19(32)10-8-15)31-24(27-14)29-22(30-31)16-4-2-5-17(25)12-16/h2-13,21,32H,1H3,(H,28,33)(H,27,29,30). The second kappa shape index (κ2) is 8.40. The topological polar surface area (TPSA) is 105 Å². The number of anilines is 2. The second-order valence-corrected chi connectivity index (χ2v) is 8.00. The normalized spacial score (nSPS) is 15.0. The van der Waals surface area contributed by atoms with Crippen LogP contribution in [0.25, 0.3) is 11.4 Å². The van der Waals surface area contributed by atoms with E-state index in [0.717, 1.165) is 11.1 Å². The first kappa shape index (κ1) is 20.7. The highest BCUT2D eigenvalue weighted by Crippen LogP contribution is 2.37. The summed E-state index contributed by atoms with van der Waals surface area (Å²) in [6.45, 7) is 1.82. The van der Waals surface area contributed by atoms with E-state index in [-0.39, 0.29) is 11.7 Å². The fourth-order valence-electron chi connectivity index (χ4n) is 3.79. The van der Waals surface area contributed by atoms with Crippen LogP contribution in [0.15, 0.2) is 84.3 Å². The number of phenolic OH excluding ortho intramolecular Hbond substituents is 1. The van der Waals surface area contributed by atoms with Crippen molar-refractivity contribution >= 4 is 29.1 Å². The Bertz CT molecular complexity index is 1370.